The third-order valence-electron chi connectivity index (χ3n) is 6.04. The van der Waals surface area contributed by atoms with Gasteiger partial charge in [-0.25, -0.2) is 4.79 Å². The fraction of sp³-hybridized carbons (Fsp3) is 0.276. The zero-order valence-electron chi connectivity index (χ0n) is 20.0. The van der Waals surface area contributed by atoms with E-state index >= 15 is 0 Å². The molecule has 1 aliphatic carbocycles. The molecule has 1 unspecified atom stereocenters. The molecule has 3 aromatic carbocycles. The highest BCUT2D eigenvalue weighted by atomic mass is 16.6. The SMILES string of the molecule is CN(C(=O)OC(C)(C)C)C1CCc2cc(C(=O)c3ccccc3)c(C(=O)c3ccccc3)cc21. The van der Waals surface area contributed by atoms with Gasteiger partial charge in [-0.1, -0.05) is 60.7 Å². The summed E-state index contributed by atoms with van der Waals surface area (Å²) in [4.78, 5) is 41.3. The molecule has 0 radical (unpaired) electrons. The standard InChI is InChI=1S/C29H29NO4/c1-29(2,3)34-28(33)30(4)25-16-15-21-17-23(26(31)19-11-7-5-8-12-19)24(18-22(21)25)27(32)20-13-9-6-10-14-20/h5-14,17-18,25H,15-16H2,1-4H3. The van der Waals surface area contributed by atoms with Gasteiger partial charge in [-0.3, -0.25) is 9.59 Å². The van der Waals surface area contributed by atoms with Crippen molar-refractivity contribution in [1.82, 2.24) is 4.90 Å². The van der Waals surface area contributed by atoms with Crippen molar-refractivity contribution in [3.63, 3.8) is 0 Å². The van der Waals surface area contributed by atoms with Crippen molar-refractivity contribution in [1.29, 1.82) is 0 Å². The molecule has 0 saturated heterocycles. The Bertz CT molecular complexity index is 1230. The maximum absolute atomic E-state index is 13.5. The molecule has 4 rings (SSSR count). The number of amides is 1. The highest BCUT2D eigenvalue weighted by Gasteiger charge is 2.34. The predicted octanol–water partition coefficient (Wildman–Crippen LogP) is 6.00. The highest BCUT2D eigenvalue weighted by molar-refractivity contribution is 6.19. The fourth-order valence-electron chi connectivity index (χ4n) is 4.36. The highest BCUT2D eigenvalue weighted by Crippen LogP contribution is 2.38. The summed E-state index contributed by atoms with van der Waals surface area (Å²) >= 11 is 0. The molecule has 34 heavy (non-hydrogen) atoms. The average molecular weight is 456 g/mol. The van der Waals surface area contributed by atoms with Gasteiger partial charge in [0.05, 0.1) is 6.04 Å². The van der Waals surface area contributed by atoms with Crippen LogP contribution in [0.1, 0.15) is 76.2 Å². The van der Waals surface area contributed by atoms with Crippen LogP contribution >= 0.6 is 0 Å². The molecule has 174 valence electrons. The monoisotopic (exact) mass is 455 g/mol. The molecular formula is C29H29NO4. The summed E-state index contributed by atoms with van der Waals surface area (Å²) in [6, 6.07) is 21.3. The molecule has 1 atom stereocenters. The second-order valence-electron chi connectivity index (χ2n) is 9.63. The summed E-state index contributed by atoms with van der Waals surface area (Å²) in [5, 5.41) is 0. The molecule has 3 aromatic rings. The van der Waals surface area contributed by atoms with E-state index in [-0.39, 0.29) is 17.6 Å². The van der Waals surface area contributed by atoms with Crippen molar-refractivity contribution < 1.29 is 19.1 Å². The van der Waals surface area contributed by atoms with Crippen molar-refractivity contribution in [3.8, 4) is 0 Å². The second-order valence-corrected chi connectivity index (χ2v) is 9.63. The number of aryl methyl sites for hydroxylation is 1. The van der Waals surface area contributed by atoms with Crippen molar-refractivity contribution in [3.05, 3.63) is 106 Å². The molecule has 0 N–H and O–H groups in total. The maximum atomic E-state index is 13.5. The minimum atomic E-state index is -0.604. The van der Waals surface area contributed by atoms with E-state index in [1.54, 1.807) is 54.4 Å². The Morgan fingerprint density at radius 1 is 0.824 bits per heavy atom. The zero-order chi connectivity index (χ0) is 24.5. The Balaban J connectivity index is 1.79. The third kappa shape index (κ3) is 4.79. The van der Waals surface area contributed by atoms with E-state index in [4.69, 9.17) is 4.74 Å². The summed E-state index contributed by atoms with van der Waals surface area (Å²) in [5.41, 5.74) is 3.04. The van der Waals surface area contributed by atoms with Crippen LogP contribution in [-0.2, 0) is 11.2 Å². The van der Waals surface area contributed by atoms with E-state index in [1.807, 2.05) is 51.1 Å². The number of hydrogen-bond donors (Lipinski definition) is 0. The van der Waals surface area contributed by atoms with Crippen LogP contribution in [0, 0.1) is 0 Å². The van der Waals surface area contributed by atoms with Crippen LogP contribution in [0.2, 0.25) is 0 Å². The van der Waals surface area contributed by atoms with Gasteiger partial charge in [0, 0.05) is 29.3 Å². The largest absolute Gasteiger partial charge is 0.444 e. The van der Waals surface area contributed by atoms with E-state index in [1.165, 1.54) is 0 Å². The van der Waals surface area contributed by atoms with Gasteiger partial charge >= 0.3 is 6.09 Å². The number of nitrogens with zero attached hydrogens (tertiary/aromatic N) is 1. The first-order valence-corrected chi connectivity index (χ1v) is 11.5. The third-order valence-corrected chi connectivity index (χ3v) is 6.04. The predicted molar refractivity (Wildman–Crippen MR) is 131 cm³/mol. The summed E-state index contributed by atoms with van der Waals surface area (Å²) in [5.74, 6) is -0.403. The van der Waals surface area contributed by atoms with Gasteiger partial charge in [-0.2, -0.15) is 0 Å². The van der Waals surface area contributed by atoms with Crippen LogP contribution in [0.25, 0.3) is 0 Å². The quantitative estimate of drug-likeness (QED) is 0.443. The lowest BCUT2D eigenvalue weighted by Crippen LogP contribution is -2.36. The summed E-state index contributed by atoms with van der Waals surface area (Å²) in [7, 11) is 1.72. The van der Waals surface area contributed by atoms with Gasteiger partial charge in [0.1, 0.15) is 5.60 Å². The summed E-state index contributed by atoms with van der Waals surface area (Å²) in [6.07, 6.45) is 1.00. The maximum Gasteiger partial charge on any atom is 0.410 e. The van der Waals surface area contributed by atoms with Crippen LogP contribution in [0.5, 0.6) is 0 Å². The van der Waals surface area contributed by atoms with Crippen molar-refractivity contribution in [2.45, 2.75) is 45.3 Å². The molecule has 0 fully saturated rings. The molecule has 0 aromatic heterocycles. The number of rotatable bonds is 5. The Hall–Kier alpha value is -3.73. The van der Waals surface area contributed by atoms with Crippen LogP contribution in [0.15, 0.2) is 72.8 Å². The van der Waals surface area contributed by atoms with Crippen molar-refractivity contribution >= 4 is 17.7 Å². The molecule has 0 spiro atoms. The van der Waals surface area contributed by atoms with E-state index in [2.05, 4.69) is 0 Å². The van der Waals surface area contributed by atoms with E-state index in [0.29, 0.717) is 35.1 Å². The van der Waals surface area contributed by atoms with Gasteiger partial charge in [-0.15, -0.1) is 0 Å². The van der Waals surface area contributed by atoms with Crippen LogP contribution < -0.4 is 0 Å². The lowest BCUT2D eigenvalue weighted by Gasteiger charge is -2.29. The molecule has 1 amide bonds. The molecule has 1 aliphatic rings. The number of fused-ring (bicyclic) bond motifs is 1. The Morgan fingerprint density at radius 2 is 1.32 bits per heavy atom. The van der Waals surface area contributed by atoms with Gasteiger partial charge in [-0.05, 0) is 56.9 Å². The van der Waals surface area contributed by atoms with Gasteiger partial charge in [0.2, 0.25) is 0 Å². The van der Waals surface area contributed by atoms with E-state index in [0.717, 1.165) is 11.1 Å². The Morgan fingerprint density at radius 3 is 1.82 bits per heavy atom. The molecule has 5 nitrogen and oxygen atoms in total. The fourth-order valence-corrected chi connectivity index (χ4v) is 4.36. The molecular weight excluding hydrogens is 426 g/mol. The topological polar surface area (TPSA) is 63.7 Å². The molecule has 5 heteroatoms. The average Bonchev–Trinajstić information content (AvgIpc) is 3.24. The Labute approximate surface area is 200 Å². The second kappa shape index (κ2) is 9.26. The smallest absolute Gasteiger partial charge is 0.410 e. The van der Waals surface area contributed by atoms with E-state index < -0.39 is 11.7 Å². The first-order valence-electron chi connectivity index (χ1n) is 11.5. The van der Waals surface area contributed by atoms with Crippen LogP contribution in [0.4, 0.5) is 4.79 Å². The lowest BCUT2D eigenvalue weighted by molar-refractivity contribution is 0.0220. The first kappa shape index (κ1) is 23.4. The number of ketones is 2. The van der Waals surface area contributed by atoms with Crippen LogP contribution in [0.3, 0.4) is 0 Å². The lowest BCUT2D eigenvalue weighted by atomic mass is 9.89. The summed E-state index contributed by atoms with van der Waals surface area (Å²) in [6.45, 7) is 5.50. The van der Waals surface area contributed by atoms with Crippen LogP contribution in [-0.4, -0.2) is 35.2 Å². The summed E-state index contributed by atoms with van der Waals surface area (Å²) < 4.78 is 5.56. The Kier molecular flexibility index (Phi) is 6.38. The number of carbonyl (C=O) groups excluding carboxylic acids is 3. The number of hydrogen-bond acceptors (Lipinski definition) is 4. The van der Waals surface area contributed by atoms with Crippen molar-refractivity contribution in [2.75, 3.05) is 7.05 Å². The number of ether oxygens (including phenoxy) is 1. The molecule has 0 aliphatic heterocycles. The van der Waals surface area contributed by atoms with Gasteiger partial charge in [0.25, 0.3) is 0 Å². The minimum absolute atomic E-state index is 0.188. The molecule has 0 saturated carbocycles. The minimum Gasteiger partial charge on any atom is -0.444 e. The number of carbonyl (C=O) groups is 3. The zero-order valence-corrected chi connectivity index (χ0v) is 20.0. The normalized spacial score (nSPS) is 14.9. The molecule has 0 heterocycles. The number of benzene rings is 3. The van der Waals surface area contributed by atoms with Gasteiger partial charge in [0.15, 0.2) is 11.6 Å². The van der Waals surface area contributed by atoms with E-state index in [9.17, 15) is 14.4 Å². The molecule has 0 bridgehead atoms. The first-order chi connectivity index (χ1) is 16.2. The van der Waals surface area contributed by atoms with Crippen molar-refractivity contribution in [2.24, 2.45) is 0 Å². The van der Waals surface area contributed by atoms with Gasteiger partial charge < -0.3 is 9.64 Å².